The Kier molecular flexibility index (Phi) is 11.8. The van der Waals surface area contributed by atoms with Gasteiger partial charge in [0.1, 0.15) is 29.0 Å². The molecule has 1 amide bonds. The van der Waals surface area contributed by atoms with Gasteiger partial charge in [-0.1, -0.05) is 24.3 Å². The van der Waals surface area contributed by atoms with Crippen LogP contribution in [0, 0.1) is 29.3 Å². The molecule has 54 heavy (non-hydrogen) atoms. The maximum atomic E-state index is 15.2. The van der Waals surface area contributed by atoms with Gasteiger partial charge in [0.25, 0.3) is 5.91 Å². The predicted molar refractivity (Wildman–Crippen MR) is 173 cm³/mol. The van der Waals surface area contributed by atoms with E-state index in [1.807, 2.05) is 0 Å². The Hall–Kier alpha value is -5.28. The Morgan fingerprint density at radius 3 is 2.00 bits per heavy atom. The Labute approximate surface area is 301 Å². The van der Waals surface area contributed by atoms with Gasteiger partial charge in [-0.3, -0.25) is 9.59 Å². The zero-order chi connectivity index (χ0) is 39.4. The van der Waals surface area contributed by atoms with Crippen LogP contribution in [0.1, 0.15) is 58.3 Å². The molecule has 4 aromatic rings. The third-order valence-electron chi connectivity index (χ3n) is 9.14. The van der Waals surface area contributed by atoms with Gasteiger partial charge in [-0.25, -0.2) is 13.2 Å². The third-order valence-corrected chi connectivity index (χ3v) is 9.14. The van der Waals surface area contributed by atoms with Gasteiger partial charge >= 0.3 is 24.7 Å². The maximum Gasteiger partial charge on any atom is 0.461 e. The minimum atomic E-state index is -5.22. The van der Waals surface area contributed by atoms with Crippen LogP contribution >= 0.6 is 0 Å². The maximum absolute atomic E-state index is 15.2. The largest absolute Gasteiger partial charge is 0.493 e. The van der Waals surface area contributed by atoms with E-state index in [9.17, 15) is 54.2 Å². The molecule has 6 nitrogen and oxygen atoms in total. The van der Waals surface area contributed by atoms with E-state index in [2.05, 4.69) is 10.1 Å². The van der Waals surface area contributed by atoms with E-state index in [-0.39, 0.29) is 24.2 Å². The number of halogens is 10. The van der Waals surface area contributed by atoms with Gasteiger partial charge in [0.05, 0.1) is 23.6 Å². The molecule has 0 spiro atoms. The van der Waals surface area contributed by atoms with Crippen LogP contribution in [0.4, 0.5) is 43.9 Å². The number of carbonyl (C=O) groups excluding carboxylic acids is 1. The highest BCUT2D eigenvalue weighted by atomic mass is 19.4. The molecule has 1 aliphatic carbocycles. The zero-order valence-corrected chi connectivity index (χ0v) is 27.9. The molecule has 0 radical (unpaired) electrons. The van der Waals surface area contributed by atoms with Crippen molar-refractivity contribution in [3.63, 3.8) is 0 Å². The fraction of sp³-hybridized carbons (Fsp3) is 0.316. The lowest BCUT2D eigenvalue weighted by Crippen LogP contribution is -2.49. The van der Waals surface area contributed by atoms with E-state index in [4.69, 9.17) is 4.74 Å². The molecule has 5 rings (SSSR count). The SMILES string of the molecule is O=C(N[C@](Cc1ccc(OC[C@H]2CC[C@H](C(=O)O)CC2)cc1)(c1ccc(F)cc1)c1cc(F)cc(OC(F)(F)C(F)F)c1)c1ccc(F)c(C(F)(F)F)c1. The summed E-state index contributed by atoms with van der Waals surface area (Å²) in [6, 6.07) is 13.3. The minimum Gasteiger partial charge on any atom is -0.493 e. The van der Waals surface area contributed by atoms with Gasteiger partial charge in [0, 0.05) is 18.1 Å². The Balaban J connectivity index is 1.57. The minimum absolute atomic E-state index is 0.0649. The average Bonchev–Trinajstić information content (AvgIpc) is 3.10. The molecular formula is C38H31F10NO5. The van der Waals surface area contributed by atoms with Crippen LogP contribution in [-0.2, 0) is 22.9 Å². The van der Waals surface area contributed by atoms with Gasteiger partial charge < -0.3 is 19.9 Å². The van der Waals surface area contributed by atoms with Gasteiger partial charge in [-0.2, -0.15) is 30.7 Å². The number of hydrogen-bond acceptors (Lipinski definition) is 4. The van der Waals surface area contributed by atoms with E-state index >= 15 is 4.39 Å². The fourth-order valence-corrected chi connectivity index (χ4v) is 6.31. The van der Waals surface area contributed by atoms with Gasteiger partial charge in [-0.05, 0) is 103 Å². The molecule has 16 heteroatoms. The number of hydrogen-bond donors (Lipinski definition) is 2. The van der Waals surface area contributed by atoms with Crippen LogP contribution in [0.2, 0.25) is 0 Å². The fourth-order valence-electron chi connectivity index (χ4n) is 6.31. The highest BCUT2D eigenvalue weighted by molar-refractivity contribution is 5.95. The molecule has 0 aliphatic heterocycles. The summed E-state index contributed by atoms with van der Waals surface area (Å²) < 4.78 is 149. The van der Waals surface area contributed by atoms with Crippen molar-refractivity contribution < 1.29 is 68.1 Å². The van der Waals surface area contributed by atoms with E-state index in [1.54, 1.807) is 0 Å². The van der Waals surface area contributed by atoms with Crippen molar-refractivity contribution in [2.75, 3.05) is 6.61 Å². The number of carboxylic acids is 1. The number of carboxylic acid groups (broad SMARTS) is 1. The number of nitrogens with one attached hydrogen (secondary N) is 1. The summed E-state index contributed by atoms with van der Waals surface area (Å²) in [6.45, 7) is 0.272. The van der Waals surface area contributed by atoms with Crippen LogP contribution in [0.15, 0.2) is 84.9 Å². The molecule has 288 valence electrons. The molecule has 0 bridgehead atoms. The number of amides is 1. The molecule has 0 saturated heterocycles. The zero-order valence-electron chi connectivity index (χ0n) is 27.9. The number of aliphatic carboxylic acids is 1. The summed E-state index contributed by atoms with van der Waals surface area (Å²) in [5.41, 5.74) is -4.88. The van der Waals surface area contributed by atoms with E-state index in [0.717, 1.165) is 36.4 Å². The van der Waals surface area contributed by atoms with Crippen molar-refractivity contribution in [2.45, 2.75) is 56.4 Å². The van der Waals surface area contributed by atoms with Crippen molar-refractivity contribution >= 4 is 11.9 Å². The summed E-state index contributed by atoms with van der Waals surface area (Å²) in [5, 5.41) is 11.7. The second kappa shape index (κ2) is 16.0. The van der Waals surface area contributed by atoms with Crippen LogP contribution in [0.3, 0.4) is 0 Å². The first-order chi connectivity index (χ1) is 25.4. The van der Waals surface area contributed by atoms with Crippen LogP contribution in [0.5, 0.6) is 11.5 Å². The highest BCUT2D eigenvalue weighted by Gasteiger charge is 2.45. The van der Waals surface area contributed by atoms with Crippen molar-refractivity contribution in [3.05, 3.63) is 130 Å². The Morgan fingerprint density at radius 1 is 0.759 bits per heavy atom. The molecule has 2 N–H and O–H groups in total. The molecular weight excluding hydrogens is 740 g/mol. The molecule has 1 aliphatic rings. The first-order valence-electron chi connectivity index (χ1n) is 16.4. The van der Waals surface area contributed by atoms with Crippen LogP contribution < -0.4 is 14.8 Å². The third kappa shape index (κ3) is 9.44. The average molecular weight is 772 g/mol. The number of rotatable bonds is 13. The molecule has 0 aromatic heterocycles. The monoisotopic (exact) mass is 771 g/mol. The van der Waals surface area contributed by atoms with E-state index < -0.39 is 88.4 Å². The normalized spacial score (nSPS) is 17.5. The van der Waals surface area contributed by atoms with E-state index in [0.29, 0.717) is 55.2 Å². The summed E-state index contributed by atoms with van der Waals surface area (Å²) in [4.78, 5) is 25.1. The van der Waals surface area contributed by atoms with Crippen molar-refractivity contribution in [1.82, 2.24) is 5.32 Å². The lowest BCUT2D eigenvalue weighted by atomic mass is 9.77. The quantitative estimate of drug-likeness (QED) is 0.132. The van der Waals surface area contributed by atoms with Crippen molar-refractivity contribution in [1.29, 1.82) is 0 Å². The standard InChI is InChI=1S/C38H31F10NO5/c39-27-10-8-25(9-11-27)36(26-16-28(40)18-30(17-26)54-38(47,48)35(42)43,49-33(50)24-7-14-32(41)31(15-24)37(44,45)46)19-21-3-12-29(13-4-21)53-20-22-1-5-23(6-2-22)34(51)52/h3-4,7-18,22-23,35H,1-2,5-6,19-20H2,(H,49,50)(H,51,52)/t22-,23-,36-/m1/s1. The van der Waals surface area contributed by atoms with Gasteiger partial charge in [-0.15, -0.1) is 0 Å². The molecule has 0 unspecified atom stereocenters. The summed E-state index contributed by atoms with van der Waals surface area (Å²) in [6.07, 6.45) is -12.8. The summed E-state index contributed by atoms with van der Waals surface area (Å²) in [7, 11) is 0. The number of benzene rings is 4. The first kappa shape index (κ1) is 39.9. The molecule has 1 saturated carbocycles. The Morgan fingerprint density at radius 2 is 1.41 bits per heavy atom. The molecule has 1 atom stereocenters. The van der Waals surface area contributed by atoms with Gasteiger partial charge in [0.15, 0.2) is 0 Å². The number of carbonyl (C=O) groups is 2. The smallest absolute Gasteiger partial charge is 0.461 e. The highest BCUT2D eigenvalue weighted by Crippen LogP contribution is 2.39. The lowest BCUT2D eigenvalue weighted by molar-refractivity contribution is -0.253. The first-order valence-corrected chi connectivity index (χ1v) is 16.4. The molecule has 0 heterocycles. The molecule has 4 aromatic carbocycles. The predicted octanol–water partition coefficient (Wildman–Crippen LogP) is 9.55. The van der Waals surface area contributed by atoms with Crippen LogP contribution in [-0.4, -0.2) is 36.1 Å². The second-order valence-electron chi connectivity index (χ2n) is 12.9. The van der Waals surface area contributed by atoms with Crippen LogP contribution in [0.25, 0.3) is 0 Å². The number of alkyl halides is 7. The second-order valence-corrected chi connectivity index (χ2v) is 12.9. The Bertz CT molecular complexity index is 1950. The van der Waals surface area contributed by atoms with Crippen molar-refractivity contribution in [2.24, 2.45) is 11.8 Å². The summed E-state index contributed by atoms with van der Waals surface area (Å²) >= 11 is 0. The summed E-state index contributed by atoms with van der Waals surface area (Å²) in [5.74, 6) is -7.00. The topological polar surface area (TPSA) is 84.9 Å². The van der Waals surface area contributed by atoms with E-state index in [1.165, 1.54) is 24.3 Å². The number of ether oxygens (including phenoxy) is 2. The van der Waals surface area contributed by atoms with Crippen molar-refractivity contribution in [3.8, 4) is 11.5 Å². The van der Waals surface area contributed by atoms with Gasteiger partial charge in [0.2, 0.25) is 0 Å². The lowest BCUT2D eigenvalue weighted by Gasteiger charge is -2.37. The molecule has 1 fully saturated rings.